The number of fused-ring (bicyclic) bond motifs is 1. The van der Waals surface area contributed by atoms with Gasteiger partial charge in [0, 0.05) is 11.8 Å². The van der Waals surface area contributed by atoms with E-state index in [1.807, 2.05) is 6.07 Å². The quantitative estimate of drug-likeness (QED) is 0.847. The zero-order valence-corrected chi connectivity index (χ0v) is 13.1. The number of nitrogens with one attached hydrogen (secondary N) is 1. The van der Waals surface area contributed by atoms with Crippen molar-refractivity contribution in [3.63, 3.8) is 0 Å². The summed E-state index contributed by atoms with van der Waals surface area (Å²) in [6.07, 6.45) is 3.07. The van der Waals surface area contributed by atoms with Crippen LogP contribution in [0.4, 0.5) is 0 Å². The van der Waals surface area contributed by atoms with Crippen LogP contribution < -0.4 is 4.72 Å². The smallest absolute Gasteiger partial charge is 0.207 e. The summed E-state index contributed by atoms with van der Waals surface area (Å²) in [5.41, 5.74) is 1.54. The second-order valence-corrected chi connectivity index (χ2v) is 7.43. The van der Waals surface area contributed by atoms with E-state index in [1.165, 1.54) is 5.56 Å². The van der Waals surface area contributed by atoms with Gasteiger partial charge in [-0.1, -0.05) is 6.07 Å². The molecule has 0 unspecified atom stereocenters. The molecular weight excluding hydrogens is 305 g/mol. The van der Waals surface area contributed by atoms with Crippen LogP contribution in [0, 0.1) is 0 Å². The van der Waals surface area contributed by atoms with Crippen molar-refractivity contribution in [1.29, 1.82) is 0 Å². The van der Waals surface area contributed by atoms with Crippen molar-refractivity contribution < 1.29 is 8.42 Å². The van der Waals surface area contributed by atoms with Gasteiger partial charge in [-0.2, -0.15) is 0 Å². The summed E-state index contributed by atoms with van der Waals surface area (Å²) >= 11 is 11.6. The molecule has 0 aromatic heterocycles. The highest BCUT2D eigenvalue weighted by Crippen LogP contribution is 2.25. The molecule has 0 aliphatic heterocycles. The molecule has 3 nitrogen and oxygen atoms in total. The number of halogens is 2. The second-order valence-electron chi connectivity index (χ2n) is 5.22. The third kappa shape index (κ3) is 3.24. The van der Waals surface area contributed by atoms with Gasteiger partial charge < -0.3 is 0 Å². The molecule has 106 valence electrons. The van der Waals surface area contributed by atoms with Crippen molar-refractivity contribution in [3.05, 3.63) is 29.3 Å². The Morgan fingerprint density at radius 2 is 1.84 bits per heavy atom. The first-order valence-electron chi connectivity index (χ1n) is 6.18. The molecule has 0 atom stereocenters. The highest BCUT2D eigenvalue weighted by molar-refractivity contribution is 7.89. The maximum Gasteiger partial charge on any atom is 0.241 e. The topological polar surface area (TPSA) is 46.2 Å². The fraction of sp³-hybridized carbons (Fsp3) is 0.538. The maximum absolute atomic E-state index is 12.3. The van der Waals surface area contributed by atoms with Crippen LogP contribution in [-0.2, 0) is 22.9 Å². The van der Waals surface area contributed by atoms with Crippen LogP contribution in [0.5, 0.6) is 0 Å². The van der Waals surface area contributed by atoms with Gasteiger partial charge in [-0.3, -0.25) is 0 Å². The van der Waals surface area contributed by atoms with E-state index in [4.69, 9.17) is 23.2 Å². The Kier molecular flexibility index (Phi) is 4.45. The summed E-state index contributed by atoms with van der Waals surface area (Å²) in [7, 11) is -3.58. The number of sulfonamides is 1. The van der Waals surface area contributed by atoms with Crippen molar-refractivity contribution >= 4 is 33.2 Å². The Balaban J connectivity index is 2.30. The molecule has 1 aliphatic carbocycles. The summed E-state index contributed by atoms with van der Waals surface area (Å²) in [6, 6.07) is 5.30. The van der Waals surface area contributed by atoms with Crippen LogP contribution in [0.25, 0.3) is 0 Å². The summed E-state index contributed by atoms with van der Waals surface area (Å²) in [5, 5.41) is 0. The van der Waals surface area contributed by atoms with Gasteiger partial charge in [0.1, 0.15) is 0 Å². The van der Waals surface area contributed by atoms with Crippen molar-refractivity contribution in [2.24, 2.45) is 0 Å². The first kappa shape index (κ1) is 15.1. The highest BCUT2D eigenvalue weighted by Gasteiger charge is 2.29. The van der Waals surface area contributed by atoms with Crippen LogP contribution in [0.3, 0.4) is 0 Å². The minimum Gasteiger partial charge on any atom is -0.207 e. The van der Waals surface area contributed by atoms with Crippen molar-refractivity contribution in [2.45, 2.75) is 36.6 Å². The Hall–Kier alpha value is -0.290. The van der Waals surface area contributed by atoms with Gasteiger partial charge in [0.2, 0.25) is 10.0 Å². The Morgan fingerprint density at radius 3 is 2.47 bits per heavy atom. The fourth-order valence-electron chi connectivity index (χ4n) is 2.19. The monoisotopic (exact) mass is 321 g/mol. The van der Waals surface area contributed by atoms with Gasteiger partial charge in [-0.05, 0) is 49.4 Å². The van der Waals surface area contributed by atoms with Crippen LogP contribution >= 0.6 is 23.2 Å². The summed E-state index contributed by atoms with van der Waals surface area (Å²) < 4.78 is 27.3. The lowest BCUT2D eigenvalue weighted by Crippen LogP contribution is -2.49. The first-order chi connectivity index (χ1) is 8.90. The van der Waals surface area contributed by atoms with Gasteiger partial charge in [-0.25, -0.2) is 13.1 Å². The van der Waals surface area contributed by atoms with Gasteiger partial charge in [0.15, 0.2) is 0 Å². The molecule has 2 rings (SSSR count). The Bertz CT molecular complexity index is 568. The van der Waals surface area contributed by atoms with Gasteiger partial charge in [0.25, 0.3) is 0 Å². The van der Waals surface area contributed by atoms with Gasteiger partial charge >= 0.3 is 0 Å². The molecule has 6 heteroatoms. The lowest BCUT2D eigenvalue weighted by Gasteiger charge is -2.25. The molecule has 0 spiro atoms. The van der Waals surface area contributed by atoms with E-state index in [9.17, 15) is 8.42 Å². The van der Waals surface area contributed by atoms with Crippen molar-refractivity contribution in [1.82, 2.24) is 4.72 Å². The van der Waals surface area contributed by atoms with E-state index in [2.05, 4.69) is 4.72 Å². The average Bonchev–Trinajstić information content (AvgIpc) is 2.85. The van der Waals surface area contributed by atoms with E-state index in [0.717, 1.165) is 24.8 Å². The van der Waals surface area contributed by atoms with E-state index in [0.29, 0.717) is 0 Å². The Labute approximate surface area is 124 Å². The normalized spacial score (nSPS) is 15.5. The van der Waals surface area contributed by atoms with Gasteiger partial charge in [-0.15, -0.1) is 23.2 Å². The largest absolute Gasteiger partial charge is 0.241 e. The van der Waals surface area contributed by atoms with Gasteiger partial charge in [0.05, 0.1) is 10.4 Å². The van der Waals surface area contributed by atoms with E-state index in [-0.39, 0.29) is 16.7 Å². The average molecular weight is 322 g/mol. The molecule has 19 heavy (non-hydrogen) atoms. The zero-order chi connectivity index (χ0) is 14.1. The second kappa shape index (κ2) is 5.60. The van der Waals surface area contributed by atoms with Crippen LogP contribution in [0.2, 0.25) is 0 Å². The summed E-state index contributed by atoms with van der Waals surface area (Å²) in [5.74, 6) is 0.251. The number of hydrogen-bond donors (Lipinski definition) is 1. The molecule has 1 aromatic rings. The molecule has 0 saturated carbocycles. The number of aryl methyl sites for hydroxylation is 2. The minimum absolute atomic E-state index is 0.126. The maximum atomic E-state index is 12.3. The molecule has 1 N–H and O–H groups in total. The van der Waals surface area contributed by atoms with Crippen molar-refractivity contribution in [2.75, 3.05) is 11.8 Å². The minimum atomic E-state index is -3.58. The van der Waals surface area contributed by atoms with Crippen LogP contribution in [0.15, 0.2) is 23.1 Å². The molecule has 0 saturated heterocycles. The zero-order valence-electron chi connectivity index (χ0n) is 10.7. The predicted molar refractivity (Wildman–Crippen MR) is 78.6 cm³/mol. The first-order valence-corrected chi connectivity index (χ1v) is 8.73. The third-order valence-electron chi connectivity index (χ3n) is 3.35. The molecule has 0 fully saturated rings. The van der Waals surface area contributed by atoms with Crippen LogP contribution in [-0.4, -0.2) is 25.7 Å². The lowest BCUT2D eigenvalue weighted by atomic mass is 10.1. The summed E-state index contributed by atoms with van der Waals surface area (Å²) in [4.78, 5) is 0.287. The highest BCUT2D eigenvalue weighted by atomic mass is 35.5. The SMILES string of the molecule is CC(CCl)(CCl)NS(=O)(=O)c1ccc2c(c1)CCC2. The summed E-state index contributed by atoms with van der Waals surface area (Å²) in [6.45, 7) is 1.69. The number of hydrogen-bond acceptors (Lipinski definition) is 2. The number of alkyl halides is 2. The predicted octanol–water partition coefficient (Wildman–Crippen LogP) is 2.69. The molecular formula is C13H17Cl2NO2S. The lowest BCUT2D eigenvalue weighted by molar-refractivity contribution is 0.500. The standard InChI is InChI=1S/C13H17Cl2NO2S/c1-13(8-14,9-15)16-19(17,18)12-6-5-10-3-2-4-11(10)7-12/h5-7,16H,2-4,8-9H2,1H3. The molecule has 1 aliphatic rings. The van der Waals surface area contributed by atoms with Crippen LogP contribution in [0.1, 0.15) is 24.5 Å². The van der Waals surface area contributed by atoms with Crippen molar-refractivity contribution in [3.8, 4) is 0 Å². The molecule has 0 radical (unpaired) electrons. The Morgan fingerprint density at radius 1 is 1.21 bits per heavy atom. The van der Waals surface area contributed by atoms with E-state index in [1.54, 1.807) is 19.1 Å². The molecule has 0 bridgehead atoms. The third-order valence-corrected chi connectivity index (χ3v) is 6.17. The van der Waals surface area contributed by atoms with E-state index >= 15 is 0 Å². The van der Waals surface area contributed by atoms with E-state index < -0.39 is 15.6 Å². The molecule has 0 amide bonds. The molecule has 1 aromatic carbocycles. The molecule has 0 heterocycles. The number of benzene rings is 1. The fourth-order valence-corrected chi connectivity index (χ4v) is 4.22. The number of rotatable bonds is 5.